The van der Waals surface area contributed by atoms with Gasteiger partial charge in [0.25, 0.3) is 0 Å². The molecular weight excluding hydrogens is 348 g/mol. The molecule has 2 heteroatoms. The van der Waals surface area contributed by atoms with E-state index in [0.29, 0.717) is 0 Å². The van der Waals surface area contributed by atoms with Gasteiger partial charge in [0.1, 0.15) is 11.2 Å². The molecular formula is C21H15BrO. The summed E-state index contributed by atoms with van der Waals surface area (Å²) in [5.41, 5.74) is 7.26. The third-order valence-electron chi connectivity index (χ3n) is 5.14. The Balaban J connectivity index is 1.99. The van der Waals surface area contributed by atoms with Crippen LogP contribution in [-0.2, 0) is 5.41 Å². The van der Waals surface area contributed by atoms with Crippen LogP contribution in [-0.4, -0.2) is 0 Å². The van der Waals surface area contributed by atoms with Crippen molar-refractivity contribution >= 4 is 37.9 Å². The standard InChI is InChI=1S/C21H15BrO/c1-21(2)16-6-4-3-5-14(16)19-17(21)9-8-13-15-11-12(22)7-10-18(15)23-20(13)19/h3-11H,1-2H3. The minimum absolute atomic E-state index is 0.0136. The summed E-state index contributed by atoms with van der Waals surface area (Å²) in [7, 11) is 0. The van der Waals surface area contributed by atoms with E-state index in [1.807, 2.05) is 12.1 Å². The van der Waals surface area contributed by atoms with Gasteiger partial charge in [0.2, 0.25) is 0 Å². The van der Waals surface area contributed by atoms with E-state index in [1.165, 1.54) is 33.0 Å². The van der Waals surface area contributed by atoms with E-state index >= 15 is 0 Å². The smallest absolute Gasteiger partial charge is 0.143 e. The van der Waals surface area contributed by atoms with E-state index in [4.69, 9.17) is 4.42 Å². The predicted molar refractivity (Wildman–Crippen MR) is 99.0 cm³/mol. The quantitative estimate of drug-likeness (QED) is 0.341. The first-order valence-corrected chi connectivity index (χ1v) is 8.62. The third-order valence-corrected chi connectivity index (χ3v) is 5.64. The Morgan fingerprint density at radius 3 is 2.57 bits per heavy atom. The Kier molecular flexibility index (Phi) is 2.48. The minimum atomic E-state index is 0.0136. The molecule has 1 heterocycles. The fourth-order valence-electron chi connectivity index (χ4n) is 3.99. The summed E-state index contributed by atoms with van der Waals surface area (Å²) in [5.74, 6) is 0. The summed E-state index contributed by atoms with van der Waals surface area (Å²) in [6, 6.07) is 19.4. The van der Waals surface area contributed by atoms with Crippen molar-refractivity contribution in [2.24, 2.45) is 0 Å². The minimum Gasteiger partial charge on any atom is -0.455 e. The summed E-state index contributed by atoms with van der Waals surface area (Å²) >= 11 is 3.57. The highest BCUT2D eigenvalue weighted by molar-refractivity contribution is 9.10. The first-order valence-electron chi connectivity index (χ1n) is 7.82. The molecule has 0 atom stereocenters. The Labute approximate surface area is 143 Å². The number of benzene rings is 3. The topological polar surface area (TPSA) is 13.1 Å². The lowest BCUT2D eigenvalue weighted by Crippen LogP contribution is -2.14. The van der Waals surface area contributed by atoms with Crippen LogP contribution in [0.4, 0.5) is 0 Å². The van der Waals surface area contributed by atoms with Gasteiger partial charge in [0.05, 0.1) is 0 Å². The van der Waals surface area contributed by atoms with E-state index in [2.05, 4.69) is 72.2 Å². The van der Waals surface area contributed by atoms with Crippen LogP contribution < -0.4 is 0 Å². The van der Waals surface area contributed by atoms with Crippen molar-refractivity contribution in [2.75, 3.05) is 0 Å². The first-order chi connectivity index (χ1) is 11.1. The van der Waals surface area contributed by atoms with Crippen LogP contribution in [0.5, 0.6) is 0 Å². The maximum atomic E-state index is 6.28. The van der Waals surface area contributed by atoms with Crippen molar-refractivity contribution in [3.8, 4) is 11.1 Å². The molecule has 1 aromatic heterocycles. The van der Waals surface area contributed by atoms with Crippen LogP contribution in [0.25, 0.3) is 33.1 Å². The van der Waals surface area contributed by atoms with Gasteiger partial charge in [0, 0.05) is 26.2 Å². The molecule has 0 spiro atoms. The second-order valence-electron chi connectivity index (χ2n) is 6.78. The molecule has 3 aromatic carbocycles. The fourth-order valence-corrected chi connectivity index (χ4v) is 4.35. The molecule has 0 bridgehead atoms. The molecule has 1 aliphatic carbocycles. The Hall–Kier alpha value is -2.06. The summed E-state index contributed by atoms with van der Waals surface area (Å²) < 4.78 is 7.36. The molecule has 4 aromatic rings. The van der Waals surface area contributed by atoms with Crippen molar-refractivity contribution in [1.29, 1.82) is 0 Å². The molecule has 5 rings (SSSR count). The number of hydrogen-bond acceptors (Lipinski definition) is 1. The van der Waals surface area contributed by atoms with Gasteiger partial charge in [-0.3, -0.25) is 0 Å². The molecule has 0 fully saturated rings. The lowest BCUT2D eigenvalue weighted by atomic mass is 9.82. The van der Waals surface area contributed by atoms with Gasteiger partial charge in [-0.15, -0.1) is 0 Å². The Bertz CT molecular complexity index is 1100. The van der Waals surface area contributed by atoms with Crippen LogP contribution in [0.15, 0.2) is 63.5 Å². The van der Waals surface area contributed by atoms with Crippen molar-refractivity contribution in [1.82, 2.24) is 0 Å². The highest BCUT2D eigenvalue weighted by atomic mass is 79.9. The van der Waals surface area contributed by atoms with Crippen molar-refractivity contribution in [3.05, 3.63) is 70.2 Å². The lowest BCUT2D eigenvalue weighted by Gasteiger charge is -2.21. The maximum absolute atomic E-state index is 6.28. The molecule has 0 amide bonds. The van der Waals surface area contributed by atoms with E-state index < -0.39 is 0 Å². The molecule has 0 N–H and O–H groups in total. The molecule has 0 saturated carbocycles. The van der Waals surface area contributed by atoms with Gasteiger partial charge >= 0.3 is 0 Å². The number of hydrogen-bond donors (Lipinski definition) is 0. The molecule has 0 radical (unpaired) electrons. The molecule has 0 unspecified atom stereocenters. The van der Waals surface area contributed by atoms with Gasteiger partial charge in [0.15, 0.2) is 0 Å². The summed E-state index contributed by atoms with van der Waals surface area (Å²) in [6.45, 7) is 4.59. The van der Waals surface area contributed by atoms with Gasteiger partial charge < -0.3 is 4.42 Å². The zero-order valence-corrected chi connectivity index (χ0v) is 14.6. The highest BCUT2D eigenvalue weighted by Crippen LogP contribution is 2.52. The summed E-state index contributed by atoms with van der Waals surface area (Å²) in [5, 5.41) is 2.35. The Morgan fingerprint density at radius 1 is 0.870 bits per heavy atom. The van der Waals surface area contributed by atoms with Gasteiger partial charge in [-0.2, -0.15) is 0 Å². The van der Waals surface area contributed by atoms with E-state index in [0.717, 1.165) is 15.6 Å². The number of furan rings is 1. The first kappa shape index (κ1) is 13.4. The average Bonchev–Trinajstić information content (AvgIpc) is 3.02. The van der Waals surface area contributed by atoms with Gasteiger partial charge in [-0.25, -0.2) is 0 Å². The Morgan fingerprint density at radius 2 is 1.70 bits per heavy atom. The normalized spacial score (nSPS) is 15.1. The average molecular weight is 363 g/mol. The number of fused-ring (bicyclic) bond motifs is 7. The number of rotatable bonds is 0. The molecule has 23 heavy (non-hydrogen) atoms. The second-order valence-corrected chi connectivity index (χ2v) is 7.69. The zero-order chi connectivity index (χ0) is 15.8. The van der Waals surface area contributed by atoms with Gasteiger partial charge in [-0.1, -0.05) is 66.2 Å². The molecule has 1 aliphatic rings. The molecule has 0 saturated heterocycles. The van der Waals surface area contributed by atoms with Crippen molar-refractivity contribution in [3.63, 3.8) is 0 Å². The van der Waals surface area contributed by atoms with Crippen LogP contribution in [0.1, 0.15) is 25.0 Å². The molecule has 1 nitrogen and oxygen atoms in total. The van der Waals surface area contributed by atoms with E-state index in [1.54, 1.807) is 0 Å². The van der Waals surface area contributed by atoms with Crippen LogP contribution in [0.3, 0.4) is 0 Å². The maximum Gasteiger partial charge on any atom is 0.143 e. The van der Waals surface area contributed by atoms with Crippen LogP contribution >= 0.6 is 15.9 Å². The highest BCUT2D eigenvalue weighted by Gasteiger charge is 2.37. The zero-order valence-electron chi connectivity index (χ0n) is 13.0. The summed E-state index contributed by atoms with van der Waals surface area (Å²) in [6.07, 6.45) is 0. The van der Waals surface area contributed by atoms with Crippen molar-refractivity contribution < 1.29 is 4.42 Å². The third kappa shape index (κ3) is 1.62. The van der Waals surface area contributed by atoms with E-state index in [9.17, 15) is 0 Å². The summed E-state index contributed by atoms with van der Waals surface area (Å²) in [4.78, 5) is 0. The predicted octanol–water partition coefficient (Wildman–Crippen LogP) is 6.65. The second kappa shape index (κ2) is 4.27. The monoisotopic (exact) mass is 362 g/mol. The van der Waals surface area contributed by atoms with Gasteiger partial charge in [-0.05, 0) is 34.9 Å². The fraction of sp³-hybridized carbons (Fsp3) is 0.143. The van der Waals surface area contributed by atoms with Crippen molar-refractivity contribution in [2.45, 2.75) is 19.3 Å². The van der Waals surface area contributed by atoms with Crippen LogP contribution in [0.2, 0.25) is 0 Å². The largest absolute Gasteiger partial charge is 0.455 e. The molecule has 0 aliphatic heterocycles. The van der Waals surface area contributed by atoms with E-state index in [-0.39, 0.29) is 5.41 Å². The lowest BCUT2D eigenvalue weighted by molar-refractivity contribution is 0.653. The molecule has 112 valence electrons. The van der Waals surface area contributed by atoms with Crippen LogP contribution in [0, 0.1) is 0 Å². The number of halogens is 1. The SMILES string of the molecule is CC1(C)c2ccccc2-c2c1ccc1c2oc2ccc(Br)cc21.